The highest BCUT2D eigenvalue weighted by Gasteiger charge is 2.15. The first kappa shape index (κ1) is 21.8. The molecule has 1 saturated heterocycles. The van der Waals surface area contributed by atoms with E-state index in [2.05, 4.69) is 36.9 Å². The Hall–Kier alpha value is -2.51. The van der Waals surface area contributed by atoms with Gasteiger partial charge in [-0.1, -0.05) is 0 Å². The predicted molar refractivity (Wildman–Crippen MR) is 113 cm³/mol. The third-order valence-corrected chi connectivity index (χ3v) is 4.26. The zero-order valence-corrected chi connectivity index (χ0v) is 17.5. The number of ether oxygens (including phenoxy) is 1. The average Bonchev–Trinajstić information content (AvgIpc) is 2.67. The van der Waals surface area contributed by atoms with Crippen LogP contribution in [-0.2, 0) is 11.3 Å². The van der Waals surface area contributed by atoms with Gasteiger partial charge in [-0.15, -0.1) is 0 Å². The Bertz CT molecular complexity index is 650. The van der Waals surface area contributed by atoms with Gasteiger partial charge < -0.3 is 25.6 Å². The second kappa shape index (κ2) is 10.7. The van der Waals surface area contributed by atoms with Crippen LogP contribution in [0.5, 0.6) is 0 Å². The van der Waals surface area contributed by atoms with E-state index in [0.29, 0.717) is 25.6 Å². The summed E-state index contributed by atoms with van der Waals surface area (Å²) in [5.41, 5.74) is 0.664. The third kappa shape index (κ3) is 8.02. The highest BCUT2D eigenvalue weighted by atomic mass is 16.6. The van der Waals surface area contributed by atoms with E-state index in [9.17, 15) is 4.79 Å². The Balaban J connectivity index is 1.72. The largest absolute Gasteiger partial charge is 0.444 e. The molecule has 1 aliphatic rings. The third-order valence-electron chi connectivity index (χ3n) is 4.26. The molecule has 1 amide bonds. The number of nitrogens with zero attached hydrogens (tertiary/aromatic N) is 3. The van der Waals surface area contributed by atoms with Crippen molar-refractivity contribution in [3.63, 3.8) is 0 Å². The number of aliphatic imine (C=N–C) groups is 1. The lowest BCUT2D eigenvalue weighted by Gasteiger charge is -2.28. The smallest absolute Gasteiger partial charge is 0.407 e. The fourth-order valence-corrected chi connectivity index (χ4v) is 2.93. The predicted octanol–water partition coefficient (Wildman–Crippen LogP) is 2.26. The van der Waals surface area contributed by atoms with Crippen LogP contribution in [0.25, 0.3) is 0 Å². The summed E-state index contributed by atoms with van der Waals surface area (Å²) in [6, 6.07) is 4.15. The topological polar surface area (TPSA) is 90.9 Å². The molecular weight excluding hydrogens is 356 g/mol. The molecule has 0 aliphatic carbocycles. The lowest BCUT2D eigenvalue weighted by molar-refractivity contribution is 0.0529. The molecule has 8 heteroatoms. The molecule has 8 nitrogen and oxygen atoms in total. The average molecular weight is 391 g/mol. The summed E-state index contributed by atoms with van der Waals surface area (Å²) in [7, 11) is 1.72. The zero-order chi connectivity index (χ0) is 20.4. The van der Waals surface area contributed by atoms with Gasteiger partial charge in [-0.05, 0) is 57.7 Å². The first-order valence-corrected chi connectivity index (χ1v) is 9.98. The van der Waals surface area contributed by atoms with Crippen molar-refractivity contribution in [3.05, 3.63) is 23.9 Å². The van der Waals surface area contributed by atoms with Crippen LogP contribution < -0.4 is 20.9 Å². The van der Waals surface area contributed by atoms with Crippen LogP contribution in [0, 0.1) is 0 Å². The quantitative estimate of drug-likeness (QED) is 0.392. The minimum Gasteiger partial charge on any atom is -0.444 e. The Morgan fingerprint density at radius 2 is 1.89 bits per heavy atom. The molecule has 1 aliphatic heterocycles. The molecule has 0 saturated carbocycles. The number of hydrogen-bond acceptors (Lipinski definition) is 5. The second-order valence-electron chi connectivity index (χ2n) is 7.85. The first-order valence-electron chi connectivity index (χ1n) is 9.98. The van der Waals surface area contributed by atoms with Crippen LogP contribution in [0.15, 0.2) is 23.3 Å². The molecule has 1 aromatic heterocycles. The Labute approximate surface area is 168 Å². The van der Waals surface area contributed by atoms with Crippen molar-refractivity contribution < 1.29 is 9.53 Å². The summed E-state index contributed by atoms with van der Waals surface area (Å²) in [5.74, 6) is 1.73. The number of hydrogen-bond donors (Lipinski definition) is 3. The second-order valence-corrected chi connectivity index (χ2v) is 7.85. The molecule has 156 valence electrons. The van der Waals surface area contributed by atoms with Crippen LogP contribution >= 0.6 is 0 Å². The number of carbonyl (C=O) groups is 1. The summed E-state index contributed by atoms with van der Waals surface area (Å²) >= 11 is 0. The van der Waals surface area contributed by atoms with Crippen molar-refractivity contribution in [1.82, 2.24) is 20.9 Å². The number of amides is 1. The number of aromatic nitrogens is 1. The maximum atomic E-state index is 11.6. The molecule has 2 rings (SSSR count). The molecule has 0 atom stereocenters. The number of carbonyl (C=O) groups excluding carboxylic acids is 1. The van der Waals surface area contributed by atoms with Crippen molar-refractivity contribution in [1.29, 1.82) is 0 Å². The van der Waals surface area contributed by atoms with Crippen molar-refractivity contribution in [2.24, 2.45) is 4.99 Å². The van der Waals surface area contributed by atoms with Gasteiger partial charge in [-0.3, -0.25) is 4.99 Å². The van der Waals surface area contributed by atoms with Crippen LogP contribution in [0.1, 0.15) is 45.6 Å². The van der Waals surface area contributed by atoms with Gasteiger partial charge in [0.2, 0.25) is 0 Å². The maximum absolute atomic E-state index is 11.6. The summed E-state index contributed by atoms with van der Waals surface area (Å²) in [6.45, 7) is 9.33. The van der Waals surface area contributed by atoms with Crippen LogP contribution in [0.4, 0.5) is 10.6 Å². The zero-order valence-electron chi connectivity index (χ0n) is 17.5. The van der Waals surface area contributed by atoms with Gasteiger partial charge in [-0.2, -0.15) is 0 Å². The summed E-state index contributed by atoms with van der Waals surface area (Å²) < 4.78 is 5.20. The van der Waals surface area contributed by atoms with Crippen molar-refractivity contribution in [2.75, 3.05) is 38.1 Å². The van der Waals surface area contributed by atoms with Gasteiger partial charge in [0.25, 0.3) is 0 Å². The van der Waals surface area contributed by atoms with Crippen molar-refractivity contribution in [3.8, 4) is 0 Å². The van der Waals surface area contributed by atoms with Crippen LogP contribution in [-0.4, -0.2) is 55.9 Å². The molecular formula is C20H34N6O2. The molecule has 2 heterocycles. The van der Waals surface area contributed by atoms with E-state index in [-0.39, 0.29) is 0 Å². The summed E-state index contributed by atoms with van der Waals surface area (Å²) in [6.07, 6.45) is 5.22. The molecule has 0 unspecified atom stereocenters. The van der Waals surface area contributed by atoms with E-state index in [4.69, 9.17) is 4.74 Å². The lowest BCUT2D eigenvalue weighted by atomic mass is 10.1. The Kier molecular flexibility index (Phi) is 8.35. The van der Waals surface area contributed by atoms with Gasteiger partial charge in [0.05, 0.1) is 0 Å². The molecule has 3 N–H and O–H groups in total. The number of anilines is 1. The highest BCUT2D eigenvalue weighted by molar-refractivity contribution is 5.79. The number of alkyl carbamates (subject to hydrolysis) is 1. The number of rotatable bonds is 6. The standard InChI is InChI=1S/C20H34N6O2/c1-20(2,3)28-19(27)24-11-10-23-18(21-4)25-15-16-8-9-22-17(14-16)26-12-6-5-7-13-26/h8-9,14H,5-7,10-13,15H2,1-4H3,(H,24,27)(H2,21,23,25). The van der Waals surface area contributed by atoms with Crippen molar-refractivity contribution >= 4 is 17.9 Å². The van der Waals surface area contributed by atoms with E-state index >= 15 is 0 Å². The number of piperidine rings is 1. The minimum atomic E-state index is -0.493. The normalized spacial score (nSPS) is 15.1. The van der Waals surface area contributed by atoms with E-state index < -0.39 is 11.7 Å². The van der Waals surface area contributed by atoms with Crippen molar-refractivity contribution in [2.45, 2.75) is 52.2 Å². The van der Waals surface area contributed by atoms with E-state index in [0.717, 1.165) is 24.5 Å². The van der Waals surface area contributed by atoms with Crippen LogP contribution in [0.3, 0.4) is 0 Å². The molecule has 1 aromatic rings. The maximum Gasteiger partial charge on any atom is 0.407 e. The Morgan fingerprint density at radius 1 is 1.18 bits per heavy atom. The summed E-state index contributed by atoms with van der Waals surface area (Å²) in [5, 5.41) is 9.19. The number of nitrogens with one attached hydrogen (secondary N) is 3. The fourth-order valence-electron chi connectivity index (χ4n) is 2.93. The lowest BCUT2D eigenvalue weighted by Crippen LogP contribution is -2.42. The monoisotopic (exact) mass is 390 g/mol. The van der Waals surface area contributed by atoms with Gasteiger partial charge in [-0.25, -0.2) is 9.78 Å². The molecule has 0 spiro atoms. The number of pyridine rings is 1. The number of guanidine groups is 1. The molecule has 0 radical (unpaired) electrons. The molecule has 1 fully saturated rings. The van der Waals surface area contributed by atoms with Gasteiger partial charge in [0.1, 0.15) is 11.4 Å². The molecule has 0 bridgehead atoms. The molecule has 28 heavy (non-hydrogen) atoms. The van der Waals surface area contributed by atoms with Gasteiger partial charge in [0, 0.05) is 46.0 Å². The summed E-state index contributed by atoms with van der Waals surface area (Å²) in [4.78, 5) is 22.7. The van der Waals surface area contributed by atoms with Gasteiger partial charge >= 0.3 is 6.09 Å². The molecule has 0 aromatic carbocycles. The van der Waals surface area contributed by atoms with E-state index in [1.807, 2.05) is 33.0 Å². The fraction of sp³-hybridized carbons (Fsp3) is 0.650. The van der Waals surface area contributed by atoms with E-state index in [1.165, 1.54) is 19.3 Å². The van der Waals surface area contributed by atoms with E-state index in [1.54, 1.807) is 7.05 Å². The minimum absolute atomic E-state index is 0.417. The van der Waals surface area contributed by atoms with Crippen LogP contribution in [0.2, 0.25) is 0 Å². The van der Waals surface area contributed by atoms with Gasteiger partial charge in [0.15, 0.2) is 5.96 Å². The Morgan fingerprint density at radius 3 is 2.57 bits per heavy atom. The SMILES string of the molecule is CN=C(NCCNC(=O)OC(C)(C)C)NCc1ccnc(N2CCCCC2)c1. The first-order chi connectivity index (χ1) is 13.4. The highest BCUT2D eigenvalue weighted by Crippen LogP contribution is 2.18.